The Kier molecular flexibility index (Phi) is 5.65. The number of thiophene rings is 1. The van der Waals surface area contributed by atoms with E-state index in [1.54, 1.807) is 11.3 Å². The molecule has 5 nitrogen and oxygen atoms in total. The minimum absolute atomic E-state index is 0.00114. The van der Waals surface area contributed by atoms with Crippen molar-refractivity contribution in [3.63, 3.8) is 0 Å². The van der Waals surface area contributed by atoms with Crippen LogP contribution in [0.1, 0.15) is 34.8 Å². The lowest BCUT2D eigenvalue weighted by molar-refractivity contribution is -0.117. The number of likely N-dealkylation sites (N-methyl/N-ethyl adjacent to an activating group) is 1. The minimum atomic E-state index is -0.177. The Morgan fingerprint density at radius 1 is 1.14 bits per heavy atom. The van der Waals surface area contributed by atoms with Gasteiger partial charge in [-0.05, 0) is 72.2 Å². The Hall–Kier alpha value is -2.70. The summed E-state index contributed by atoms with van der Waals surface area (Å²) in [4.78, 5) is 27.5. The van der Waals surface area contributed by atoms with Gasteiger partial charge in [-0.2, -0.15) is 11.3 Å². The monoisotopic (exact) mass is 407 g/mol. The number of anilines is 1. The molecule has 29 heavy (non-hydrogen) atoms. The molecule has 1 aliphatic rings. The van der Waals surface area contributed by atoms with Gasteiger partial charge in [-0.15, -0.1) is 0 Å². The first-order chi connectivity index (χ1) is 14.0. The van der Waals surface area contributed by atoms with Crippen LogP contribution in [0, 0.1) is 5.92 Å². The van der Waals surface area contributed by atoms with E-state index in [-0.39, 0.29) is 23.8 Å². The molecule has 0 aliphatic heterocycles. The van der Waals surface area contributed by atoms with Crippen LogP contribution < -0.4 is 10.6 Å². The zero-order chi connectivity index (χ0) is 20.4. The first-order valence-corrected chi connectivity index (χ1v) is 10.8. The summed E-state index contributed by atoms with van der Waals surface area (Å²) in [5, 5.41) is 12.2. The number of amides is 2. The van der Waals surface area contributed by atoms with Gasteiger partial charge in [-0.25, -0.2) is 0 Å². The molecule has 0 spiro atoms. The Labute approximate surface area is 174 Å². The predicted molar refractivity (Wildman–Crippen MR) is 118 cm³/mol. The maximum absolute atomic E-state index is 13.1. The second-order valence-electron chi connectivity index (χ2n) is 7.75. The average molecular weight is 408 g/mol. The normalized spacial score (nSPS) is 14.7. The topological polar surface area (TPSA) is 61.4 Å². The molecular weight excluding hydrogens is 382 g/mol. The molecule has 0 radical (unpaired) electrons. The van der Waals surface area contributed by atoms with E-state index in [2.05, 4.69) is 27.0 Å². The highest BCUT2D eigenvalue weighted by Crippen LogP contribution is 2.32. The van der Waals surface area contributed by atoms with Gasteiger partial charge in [-0.1, -0.05) is 24.3 Å². The summed E-state index contributed by atoms with van der Waals surface area (Å²) in [6, 6.07) is 13.8. The summed E-state index contributed by atoms with van der Waals surface area (Å²) in [5.41, 5.74) is 2.26. The van der Waals surface area contributed by atoms with Crippen molar-refractivity contribution in [2.24, 2.45) is 5.92 Å². The highest BCUT2D eigenvalue weighted by molar-refractivity contribution is 7.08. The lowest BCUT2D eigenvalue weighted by atomic mass is 10.0. The molecule has 1 unspecified atom stereocenters. The Balaban J connectivity index is 1.58. The van der Waals surface area contributed by atoms with E-state index in [1.165, 1.54) is 5.56 Å². The highest BCUT2D eigenvalue weighted by atomic mass is 32.1. The summed E-state index contributed by atoms with van der Waals surface area (Å²) < 4.78 is 0. The molecule has 150 valence electrons. The van der Waals surface area contributed by atoms with E-state index in [9.17, 15) is 9.59 Å². The van der Waals surface area contributed by atoms with Gasteiger partial charge in [0.2, 0.25) is 5.91 Å². The highest BCUT2D eigenvalue weighted by Gasteiger charge is 2.30. The van der Waals surface area contributed by atoms with Gasteiger partial charge >= 0.3 is 0 Å². The van der Waals surface area contributed by atoms with E-state index < -0.39 is 0 Å². The molecule has 1 aliphatic carbocycles. The molecule has 1 heterocycles. The first kappa shape index (κ1) is 19.6. The van der Waals surface area contributed by atoms with Crippen LogP contribution in [0.3, 0.4) is 0 Å². The van der Waals surface area contributed by atoms with E-state index in [0.29, 0.717) is 17.8 Å². The van der Waals surface area contributed by atoms with Crippen molar-refractivity contribution in [3.05, 3.63) is 64.4 Å². The third kappa shape index (κ3) is 4.49. The number of hydrogen-bond acceptors (Lipinski definition) is 4. The number of fused-ring (bicyclic) bond motifs is 1. The summed E-state index contributed by atoms with van der Waals surface area (Å²) in [7, 11) is 4.01. The number of nitrogens with one attached hydrogen (secondary N) is 2. The summed E-state index contributed by atoms with van der Waals surface area (Å²) in [6.07, 6.45) is 1.85. The minimum Gasteiger partial charge on any atom is -0.350 e. The van der Waals surface area contributed by atoms with Crippen molar-refractivity contribution in [2.45, 2.75) is 18.9 Å². The molecule has 1 atom stereocenters. The molecule has 6 heteroatoms. The first-order valence-electron chi connectivity index (χ1n) is 9.83. The Morgan fingerprint density at radius 2 is 1.86 bits per heavy atom. The van der Waals surface area contributed by atoms with Crippen LogP contribution in [0.4, 0.5) is 5.69 Å². The van der Waals surface area contributed by atoms with Gasteiger partial charge in [0.15, 0.2) is 0 Å². The SMILES string of the molecule is CN(C)C(CNC(=O)c1cc2ccccc2cc1NC(=O)C1CC1)c1ccsc1. The number of nitrogens with zero attached hydrogens (tertiary/aromatic N) is 1. The number of carbonyl (C=O) groups is 2. The van der Waals surface area contributed by atoms with Gasteiger partial charge in [0.05, 0.1) is 17.3 Å². The maximum Gasteiger partial charge on any atom is 0.253 e. The lowest BCUT2D eigenvalue weighted by Crippen LogP contribution is -2.34. The fourth-order valence-electron chi connectivity index (χ4n) is 3.46. The number of rotatable bonds is 7. The van der Waals surface area contributed by atoms with Gasteiger partial charge in [-0.3, -0.25) is 9.59 Å². The fraction of sp³-hybridized carbons (Fsp3) is 0.304. The van der Waals surface area contributed by atoms with Crippen molar-refractivity contribution < 1.29 is 9.59 Å². The van der Waals surface area contributed by atoms with Crippen LogP contribution in [0.25, 0.3) is 10.8 Å². The van der Waals surface area contributed by atoms with Crippen molar-refractivity contribution in [2.75, 3.05) is 26.0 Å². The van der Waals surface area contributed by atoms with E-state index in [1.807, 2.05) is 55.9 Å². The van der Waals surface area contributed by atoms with Crippen molar-refractivity contribution in [3.8, 4) is 0 Å². The zero-order valence-electron chi connectivity index (χ0n) is 16.6. The number of carbonyl (C=O) groups excluding carboxylic acids is 2. The predicted octanol–water partition coefficient (Wildman–Crippen LogP) is 4.28. The second kappa shape index (κ2) is 8.35. The van der Waals surface area contributed by atoms with Crippen molar-refractivity contribution in [1.82, 2.24) is 10.2 Å². The number of benzene rings is 2. The fourth-order valence-corrected chi connectivity index (χ4v) is 4.17. The quantitative estimate of drug-likeness (QED) is 0.614. The average Bonchev–Trinajstić information content (AvgIpc) is 3.43. The van der Waals surface area contributed by atoms with Gasteiger partial charge in [0.1, 0.15) is 0 Å². The third-order valence-corrected chi connectivity index (χ3v) is 6.05. The second-order valence-corrected chi connectivity index (χ2v) is 8.53. The summed E-state index contributed by atoms with van der Waals surface area (Å²) in [6.45, 7) is 0.491. The molecule has 1 fully saturated rings. The lowest BCUT2D eigenvalue weighted by Gasteiger charge is -2.24. The molecule has 0 saturated heterocycles. The van der Waals surface area contributed by atoms with E-state index in [4.69, 9.17) is 0 Å². The van der Waals surface area contributed by atoms with Gasteiger partial charge in [0, 0.05) is 12.5 Å². The van der Waals surface area contributed by atoms with Gasteiger partial charge < -0.3 is 15.5 Å². The summed E-state index contributed by atoms with van der Waals surface area (Å²) >= 11 is 1.65. The van der Waals surface area contributed by atoms with Crippen molar-refractivity contribution >= 4 is 39.6 Å². The molecule has 2 N–H and O–H groups in total. The molecule has 4 rings (SSSR count). The van der Waals surface area contributed by atoms with Crippen molar-refractivity contribution in [1.29, 1.82) is 0 Å². The van der Waals surface area contributed by atoms with Gasteiger partial charge in [0.25, 0.3) is 5.91 Å². The third-order valence-electron chi connectivity index (χ3n) is 5.34. The molecular formula is C23H25N3O2S. The molecule has 1 saturated carbocycles. The largest absolute Gasteiger partial charge is 0.350 e. The Morgan fingerprint density at radius 3 is 2.48 bits per heavy atom. The smallest absolute Gasteiger partial charge is 0.253 e. The molecule has 2 amide bonds. The summed E-state index contributed by atoms with van der Waals surface area (Å²) in [5.74, 6) is -0.100. The molecule has 0 bridgehead atoms. The maximum atomic E-state index is 13.1. The van der Waals surface area contributed by atoms with Crippen LogP contribution in [-0.4, -0.2) is 37.4 Å². The van der Waals surface area contributed by atoms with Crippen LogP contribution >= 0.6 is 11.3 Å². The number of hydrogen-bond donors (Lipinski definition) is 2. The molecule has 2 aromatic carbocycles. The van der Waals surface area contributed by atoms with Crippen LogP contribution in [0.5, 0.6) is 0 Å². The van der Waals surface area contributed by atoms with Crippen LogP contribution in [0.15, 0.2) is 53.2 Å². The van der Waals surface area contributed by atoms with E-state index in [0.717, 1.165) is 23.6 Å². The Bertz CT molecular complexity index is 1030. The molecule has 3 aromatic rings. The van der Waals surface area contributed by atoms with Crippen LogP contribution in [0.2, 0.25) is 0 Å². The standard InChI is InChI=1S/C23H25N3O2S/c1-26(2)21(18-9-10-29-14-18)13-24-23(28)19-11-16-5-3-4-6-17(16)12-20(19)25-22(27)15-7-8-15/h3-6,9-12,14-15,21H,7-8,13H2,1-2H3,(H,24,28)(H,25,27). The molecule has 1 aromatic heterocycles. The van der Waals surface area contributed by atoms with E-state index >= 15 is 0 Å². The zero-order valence-corrected chi connectivity index (χ0v) is 17.5. The van der Waals surface area contributed by atoms with Crippen LogP contribution in [-0.2, 0) is 4.79 Å².